The molecule has 0 saturated carbocycles. The molecule has 1 aromatic heterocycles. The third-order valence-electron chi connectivity index (χ3n) is 7.35. The first-order chi connectivity index (χ1) is 21.3. The number of methoxy groups -OCH3 is 1. The predicted octanol–water partition coefficient (Wildman–Crippen LogP) is 8.07. The van der Waals surface area contributed by atoms with Crippen LogP contribution in [0.2, 0.25) is 10.0 Å². The highest BCUT2D eigenvalue weighted by atomic mass is 35.5. The Kier molecular flexibility index (Phi) is 7.83. The summed E-state index contributed by atoms with van der Waals surface area (Å²) >= 11 is 12.4. The van der Waals surface area contributed by atoms with Gasteiger partial charge in [-0.1, -0.05) is 53.5 Å². The Bertz CT molecular complexity index is 2010. The number of esters is 1. The van der Waals surface area contributed by atoms with Crippen molar-refractivity contribution in [2.45, 2.75) is 19.4 Å². The summed E-state index contributed by atoms with van der Waals surface area (Å²) in [6.07, 6.45) is 0. The van der Waals surface area contributed by atoms with Gasteiger partial charge in [0.1, 0.15) is 35.3 Å². The van der Waals surface area contributed by atoms with Crippen molar-refractivity contribution in [3.63, 3.8) is 0 Å². The minimum atomic E-state index is -0.680. The van der Waals surface area contributed by atoms with E-state index in [1.165, 1.54) is 7.11 Å². The zero-order valence-corrected chi connectivity index (χ0v) is 25.0. The molecule has 0 radical (unpaired) electrons. The number of halogens is 2. The molecule has 0 saturated heterocycles. The van der Waals surface area contributed by atoms with Gasteiger partial charge < -0.3 is 29.1 Å². The fraction of sp³-hybridized carbons (Fsp3) is 0.118. The number of nitrogens with zero attached hydrogens (tertiary/aromatic N) is 1. The lowest BCUT2D eigenvalue weighted by Crippen LogP contribution is -2.21. The zero-order valence-electron chi connectivity index (χ0n) is 23.5. The van der Waals surface area contributed by atoms with Crippen molar-refractivity contribution in [1.82, 2.24) is 0 Å². The fourth-order valence-corrected chi connectivity index (χ4v) is 5.50. The Hall–Kier alpha value is -5.10. The Morgan fingerprint density at radius 2 is 1.84 bits per heavy atom. The molecular formula is C34H24Cl2N2O6. The first-order valence-electron chi connectivity index (χ1n) is 13.4. The number of hydrogen-bond donors (Lipinski definition) is 1. The quantitative estimate of drug-likeness (QED) is 0.142. The van der Waals surface area contributed by atoms with Crippen LogP contribution >= 0.6 is 23.2 Å². The van der Waals surface area contributed by atoms with Crippen molar-refractivity contribution in [2.24, 2.45) is 5.73 Å². The van der Waals surface area contributed by atoms with Gasteiger partial charge in [-0.05, 0) is 55.0 Å². The van der Waals surface area contributed by atoms with Crippen LogP contribution in [0.15, 0.2) is 94.7 Å². The summed E-state index contributed by atoms with van der Waals surface area (Å²) in [7, 11) is 1.54. The number of hydrogen-bond acceptors (Lipinski definition) is 8. The van der Waals surface area contributed by atoms with Crippen molar-refractivity contribution in [1.29, 1.82) is 5.26 Å². The largest absolute Gasteiger partial charge is 0.493 e. The molecule has 0 spiro atoms. The van der Waals surface area contributed by atoms with Gasteiger partial charge in [0, 0.05) is 38.2 Å². The van der Waals surface area contributed by atoms with Crippen LogP contribution in [0.25, 0.3) is 11.0 Å². The van der Waals surface area contributed by atoms with E-state index in [1.807, 2.05) is 24.3 Å². The van der Waals surface area contributed by atoms with Gasteiger partial charge in [0.05, 0.1) is 13.0 Å². The van der Waals surface area contributed by atoms with Crippen LogP contribution in [0.1, 0.15) is 38.7 Å². The summed E-state index contributed by atoms with van der Waals surface area (Å²) in [6, 6.07) is 25.0. The van der Waals surface area contributed by atoms with Crippen LogP contribution < -0.4 is 24.7 Å². The topological polar surface area (TPSA) is 117 Å². The van der Waals surface area contributed by atoms with Gasteiger partial charge in [0.2, 0.25) is 11.6 Å². The van der Waals surface area contributed by atoms with Gasteiger partial charge >= 0.3 is 5.97 Å². The average Bonchev–Trinajstić information content (AvgIpc) is 3.35. The number of furan rings is 1. The summed E-state index contributed by atoms with van der Waals surface area (Å²) in [6.45, 7) is 2.00. The highest BCUT2D eigenvalue weighted by molar-refractivity contribution is 6.31. The van der Waals surface area contributed by atoms with Gasteiger partial charge in [-0.2, -0.15) is 5.26 Å². The van der Waals surface area contributed by atoms with E-state index in [2.05, 4.69) is 6.07 Å². The summed E-state index contributed by atoms with van der Waals surface area (Å²) in [5.74, 6) is 0.256. The van der Waals surface area contributed by atoms with E-state index in [-0.39, 0.29) is 29.6 Å². The molecule has 0 fully saturated rings. The van der Waals surface area contributed by atoms with Gasteiger partial charge in [0.25, 0.3) is 0 Å². The monoisotopic (exact) mass is 626 g/mol. The molecule has 0 amide bonds. The van der Waals surface area contributed by atoms with Crippen molar-refractivity contribution in [3.8, 4) is 29.1 Å². The maximum absolute atomic E-state index is 13.1. The van der Waals surface area contributed by atoms with Crippen LogP contribution in [-0.4, -0.2) is 13.1 Å². The molecule has 1 atom stereocenters. The number of rotatable bonds is 7. The van der Waals surface area contributed by atoms with Crippen molar-refractivity contribution in [2.75, 3.05) is 7.11 Å². The third-order valence-corrected chi connectivity index (χ3v) is 7.95. The molecule has 8 nitrogen and oxygen atoms in total. The van der Waals surface area contributed by atoms with Crippen LogP contribution in [0, 0.1) is 18.3 Å². The maximum atomic E-state index is 13.1. The van der Waals surface area contributed by atoms with Gasteiger partial charge in [0.15, 0.2) is 11.5 Å². The standard InChI is InChI=1S/C34H24Cl2N2O6/c1-18-24-14-21(35)8-12-27(24)43-32(18)34(39)42-22-9-10-23-29(15-22)44-33(38)25(16-37)31(23)19-7-11-28(30(13-19)40-2)41-17-20-5-3-4-6-26(20)36/h3-15,31H,17,38H2,1-2H3. The number of fused-ring (bicyclic) bond motifs is 2. The van der Waals surface area contributed by atoms with E-state index in [1.54, 1.807) is 61.5 Å². The second-order valence-electron chi connectivity index (χ2n) is 10.0. The summed E-state index contributed by atoms with van der Waals surface area (Å²) in [5.41, 5.74) is 9.77. The average molecular weight is 627 g/mol. The molecule has 1 aliphatic rings. The molecule has 44 heavy (non-hydrogen) atoms. The number of aryl methyl sites for hydroxylation is 1. The minimum absolute atomic E-state index is 0.0588. The number of benzene rings is 4. The number of nitrogens with two attached hydrogens (primary N) is 1. The fourth-order valence-electron chi connectivity index (χ4n) is 5.14. The lowest BCUT2D eigenvalue weighted by molar-refractivity contribution is 0.0702. The van der Waals surface area contributed by atoms with E-state index >= 15 is 0 Å². The molecule has 2 heterocycles. The molecule has 6 rings (SSSR count). The first-order valence-corrected chi connectivity index (χ1v) is 14.2. The normalized spacial score (nSPS) is 14.0. The lowest BCUT2D eigenvalue weighted by Gasteiger charge is -2.27. The van der Waals surface area contributed by atoms with E-state index < -0.39 is 11.9 Å². The van der Waals surface area contributed by atoms with Crippen molar-refractivity contribution in [3.05, 3.63) is 128 Å². The highest BCUT2D eigenvalue weighted by Gasteiger charge is 2.32. The van der Waals surface area contributed by atoms with Crippen LogP contribution in [0.3, 0.4) is 0 Å². The van der Waals surface area contributed by atoms with Crippen LogP contribution in [0.4, 0.5) is 0 Å². The molecule has 5 aromatic rings. The predicted molar refractivity (Wildman–Crippen MR) is 165 cm³/mol. The molecule has 2 N–H and O–H groups in total. The number of ether oxygens (including phenoxy) is 4. The van der Waals surface area contributed by atoms with Crippen LogP contribution in [-0.2, 0) is 6.61 Å². The second-order valence-corrected chi connectivity index (χ2v) is 10.8. The van der Waals surface area contributed by atoms with Crippen molar-refractivity contribution < 1.29 is 28.2 Å². The number of nitriles is 1. The number of carbonyl (C=O) groups is 1. The van der Waals surface area contributed by atoms with Crippen molar-refractivity contribution >= 4 is 40.1 Å². The molecule has 10 heteroatoms. The smallest absolute Gasteiger partial charge is 0.379 e. The molecule has 220 valence electrons. The Labute approximate surface area is 262 Å². The third kappa shape index (κ3) is 5.39. The Balaban J connectivity index is 1.29. The van der Waals surface area contributed by atoms with E-state index in [0.717, 1.165) is 16.5 Å². The van der Waals surface area contributed by atoms with E-state index in [9.17, 15) is 10.1 Å². The Morgan fingerprint density at radius 1 is 1.02 bits per heavy atom. The maximum Gasteiger partial charge on any atom is 0.379 e. The SMILES string of the molecule is COc1cc(C2C(C#N)=C(N)Oc3cc(OC(=O)c4oc5ccc(Cl)cc5c4C)ccc32)ccc1OCc1ccccc1Cl. The molecule has 0 bridgehead atoms. The van der Waals surface area contributed by atoms with E-state index in [0.29, 0.717) is 44.0 Å². The second kappa shape index (κ2) is 11.9. The first kappa shape index (κ1) is 29.0. The van der Waals surface area contributed by atoms with Gasteiger partial charge in [-0.15, -0.1) is 0 Å². The Morgan fingerprint density at radius 3 is 2.61 bits per heavy atom. The molecule has 1 unspecified atom stereocenters. The summed E-state index contributed by atoms with van der Waals surface area (Å²) < 4.78 is 28.8. The minimum Gasteiger partial charge on any atom is -0.493 e. The number of allylic oxidation sites excluding steroid dienone is 1. The number of carbonyl (C=O) groups excluding carboxylic acids is 1. The molecule has 1 aliphatic heterocycles. The summed E-state index contributed by atoms with van der Waals surface area (Å²) in [4.78, 5) is 13.1. The van der Waals surface area contributed by atoms with Gasteiger partial charge in [-0.3, -0.25) is 0 Å². The van der Waals surface area contributed by atoms with Gasteiger partial charge in [-0.25, -0.2) is 4.79 Å². The summed E-state index contributed by atoms with van der Waals surface area (Å²) in [5, 5.41) is 11.9. The molecular weight excluding hydrogens is 603 g/mol. The highest BCUT2D eigenvalue weighted by Crippen LogP contribution is 2.45. The van der Waals surface area contributed by atoms with E-state index in [4.69, 9.17) is 52.3 Å². The molecule has 4 aromatic carbocycles. The zero-order chi connectivity index (χ0) is 31.0. The molecule has 0 aliphatic carbocycles. The van der Waals surface area contributed by atoms with Crippen LogP contribution in [0.5, 0.6) is 23.0 Å². The lowest BCUT2D eigenvalue weighted by atomic mass is 9.83.